The standard InChI is InChI=1S/C20H23N3O2S/c1-13-4-3-5-15(10-13)21-20(24)18-16(12-23-6-8-25-9-7-23)19-17(22-18)11-14(2)26-19/h3-5,10-11,22H,6-9,12H2,1-2H3,(H,21,24). The maximum atomic E-state index is 13.0. The predicted octanol–water partition coefficient (Wildman–Crippen LogP) is 3.93. The van der Waals surface area contributed by atoms with Crippen molar-refractivity contribution in [3.63, 3.8) is 0 Å². The minimum absolute atomic E-state index is 0.0834. The van der Waals surface area contributed by atoms with Crippen LogP contribution in [0.15, 0.2) is 30.3 Å². The Kier molecular flexibility index (Phi) is 4.80. The van der Waals surface area contributed by atoms with Crippen LogP contribution in [0, 0.1) is 13.8 Å². The maximum absolute atomic E-state index is 13.0. The van der Waals surface area contributed by atoms with Gasteiger partial charge in [0, 0.05) is 35.8 Å². The molecule has 26 heavy (non-hydrogen) atoms. The molecule has 0 atom stereocenters. The molecule has 0 spiro atoms. The monoisotopic (exact) mass is 369 g/mol. The van der Waals surface area contributed by atoms with Gasteiger partial charge in [0.25, 0.3) is 5.91 Å². The van der Waals surface area contributed by atoms with E-state index >= 15 is 0 Å². The highest BCUT2D eigenvalue weighted by atomic mass is 32.1. The number of carbonyl (C=O) groups is 1. The van der Waals surface area contributed by atoms with E-state index in [1.807, 2.05) is 31.2 Å². The van der Waals surface area contributed by atoms with Gasteiger partial charge in [-0.05, 0) is 37.6 Å². The van der Waals surface area contributed by atoms with Gasteiger partial charge in [0.15, 0.2) is 0 Å². The van der Waals surface area contributed by atoms with Crippen LogP contribution in [0.25, 0.3) is 10.2 Å². The van der Waals surface area contributed by atoms with E-state index in [9.17, 15) is 4.79 Å². The lowest BCUT2D eigenvalue weighted by Gasteiger charge is -2.26. The normalized spacial score (nSPS) is 15.5. The van der Waals surface area contributed by atoms with Crippen molar-refractivity contribution in [2.45, 2.75) is 20.4 Å². The van der Waals surface area contributed by atoms with E-state index in [0.717, 1.165) is 55.2 Å². The van der Waals surface area contributed by atoms with Crippen LogP contribution in [0.4, 0.5) is 5.69 Å². The molecular weight excluding hydrogens is 346 g/mol. The smallest absolute Gasteiger partial charge is 0.272 e. The topological polar surface area (TPSA) is 57.4 Å². The number of aromatic nitrogens is 1. The minimum atomic E-state index is -0.0834. The fourth-order valence-corrected chi connectivity index (χ4v) is 4.41. The van der Waals surface area contributed by atoms with Gasteiger partial charge in [-0.3, -0.25) is 9.69 Å². The number of nitrogens with zero attached hydrogens (tertiary/aromatic N) is 1. The zero-order valence-corrected chi connectivity index (χ0v) is 15.9. The molecule has 1 aromatic carbocycles. The number of H-pyrrole nitrogens is 1. The van der Waals surface area contributed by atoms with E-state index in [1.165, 1.54) is 9.58 Å². The summed E-state index contributed by atoms with van der Waals surface area (Å²) in [5, 5.41) is 3.03. The number of anilines is 1. The Morgan fingerprint density at radius 2 is 2.08 bits per heavy atom. The van der Waals surface area contributed by atoms with Crippen LogP contribution in [-0.2, 0) is 11.3 Å². The summed E-state index contributed by atoms with van der Waals surface area (Å²) in [5.41, 5.74) is 4.75. The summed E-state index contributed by atoms with van der Waals surface area (Å²) < 4.78 is 6.64. The Morgan fingerprint density at radius 1 is 1.27 bits per heavy atom. The highest BCUT2D eigenvalue weighted by Gasteiger charge is 2.22. The largest absolute Gasteiger partial charge is 0.379 e. The second-order valence-electron chi connectivity index (χ2n) is 6.79. The zero-order chi connectivity index (χ0) is 18.1. The van der Waals surface area contributed by atoms with E-state index in [2.05, 4.69) is 28.2 Å². The number of carbonyl (C=O) groups excluding carboxylic acids is 1. The summed E-state index contributed by atoms with van der Waals surface area (Å²) in [6.45, 7) is 8.19. The zero-order valence-electron chi connectivity index (χ0n) is 15.1. The average Bonchev–Trinajstić information content (AvgIpc) is 3.13. The number of morpholine rings is 1. The van der Waals surface area contributed by atoms with Crippen molar-refractivity contribution in [3.05, 3.63) is 52.0 Å². The highest BCUT2D eigenvalue weighted by Crippen LogP contribution is 2.32. The summed E-state index contributed by atoms with van der Waals surface area (Å²) in [7, 11) is 0. The van der Waals surface area contributed by atoms with Crippen LogP contribution >= 0.6 is 11.3 Å². The summed E-state index contributed by atoms with van der Waals surface area (Å²) >= 11 is 1.75. The second-order valence-corrected chi connectivity index (χ2v) is 8.05. The summed E-state index contributed by atoms with van der Waals surface area (Å²) in [5.74, 6) is -0.0834. The summed E-state index contributed by atoms with van der Waals surface area (Å²) in [4.78, 5) is 19.9. The second kappa shape index (κ2) is 7.23. The number of nitrogens with one attached hydrogen (secondary N) is 2. The van der Waals surface area contributed by atoms with Crippen LogP contribution in [0.2, 0.25) is 0 Å². The first-order valence-electron chi connectivity index (χ1n) is 8.89. The third-order valence-corrected chi connectivity index (χ3v) is 5.79. The first-order valence-corrected chi connectivity index (χ1v) is 9.71. The van der Waals surface area contributed by atoms with Crippen molar-refractivity contribution in [3.8, 4) is 0 Å². The Hall–Kier alpha value is -2.15. The molecule has 1 aliphatic rings. The van der Waals surface area contributed by atoms with E-state index in [0.29, 0.717) is 5.69 Å². The van der Waals surface area contributed by atoms with Gasteiger partial charge in [-0.25, -0.2) is 0 Å². The molecular formula is C20H23N3O2S. The summed E-state index contributed by atoms with van der Waals surface area (Å²) in [6.07, 6.45) is 0. The van der Waals surface area contributed by atoms with Crippen LogP contribution < -0.4 is 5.32 Å². The minimum Gasteiger partial charge on any atom is -0.379 e. The lowest BCUT2D eigenvalue weighted by atomic mass is 10.2. The molecule has 1 saturated heterocycles. The highest BCUT2D eigenvalue weighted by molar-refractivity contribution is 7.19. The Balaban J connectivity index is 1.65. The molecule has 4 rings (SSSR count). The van der Waals surface area contributed by atoms with Gasteiger partial charge in [-0.2, -0.15) is 0 Å². The van der Waals surface area contributed by atoms with Crippen molar-refractivity contribution in [1.29, 1.82) is 0 Å². The van der Waals surface area contributed by atoms with E-state index in [4.69, 9.17) is 4.74 Å². The molecule has 1 fully saturated rings. The van der Waals surface area contributed by atoms with Gasteiger partial charge in [-0.15, -0.1) is 11.3 Å². The number of ether oxygens (including phenoxy) is 1. The molecule has 2 aromatic heterocycles. The SMILES string of the molecule is Cc1cccc(NC(=O)c2[nH]c3cc(C)sc3c2CN2CCOCC2)c1. The van der Waals surface area contributed by atoms with Gasteiger partial charge >= 0.3 is 0 Å². The van der Waals surface area contributed by atoms with Gasteiger partial charge in [-0.1, -0.05) is 12.1 Å². The lowest BCUT2D eigenvalue weighted by Crippen LogP contribution is -2.36. The molecule has 0 aliphatic carbocycles. The lowest BCUT2D eigenvalue weighted by molar-refractivity contribution is 0.0343. The van der Waals surface area contributed by atoms with E-state index < -0.39 is 0 Å². The molecule has 1 aliphatic heterocycles. The molecule has 6 heteroatoms. The van der Waals surface area contributed by atoms with Gasteiger partial charge in [0.1, 0.15) is 5.69 Å². The van der Waals surface area contributed by atoms with Crippen molar-refractivity contribution in [1.82, 2.24) is 9.88 Å². The quantitative estimate of drug-likeness (QED) is 0.733. The molecule has 0 saturated carbocycles. The van der Waals surface area contributed by atoms with Crippen LogP contribution in [0.3, 0.4) is 0 Å². The van der Waals surface area contributed by atoms with Crippen molar-refractivity contribution < 1.29 is 9.53 Å². The van der Waals surface area contributed by atoms with Crippen LogP contribution in [0.1, 0.15) is 26.5 Å². The predicted molar refractivity (Wildman–Crippen MR) is 106 cm³/mol. The number of hydrogen-bond donors (Lipinski definition) is 2. The Morgan fingerprint density at radius 3 is 2.85 bits per heavy atom. The Bertz CT molecular complexity index is 938. The van der Waals surface area contributed by atoms with Crippen molar-refractivity contribution >= 4 is 33.1 Å². The molecule has 0 bridgehead atoms. The average molecular weight is 369 g/mol. The molecule has 1 amide bonds. The number of thiophene rings is 1. The number of aryl methyl sites for hydroxylation is 2. The number of benzene rings is 1. The first kappa shape index (κ1) is 17.3. The number of fused-ring (bicyclic) bond motifs is 1. The fraction of sp³-hybridized carbons (Fsp3) is 0.350. The van der Waals surface area contributed by atoms with Crippen LogP contribution in [-0.4, -0.2) is 42.1 Å². The number of rotatable bonds is 4. The third-order valence-electron chi connectivity index (χ3n) is 4.68. The van der Waals surface area contributed by atoms with Gasteiger partial charge in [0.05, 0.1) is 23.4 Å². The fourth-order valence-electron chi connectivity index (χ4n) is 3.40. The van der Waals surface area contributed by atoms with Gasteiger partial charge < -0.3 is 15.0 Å². The first-order chi connectivity index (χ1) is 12.6. The maximum Gasteiger partial charge on any atom is 0.272 e. The molecule has 3 aromatic rings. The molecule has 0 radical (unpaired) electrons. The molecule has 3 heterocycles. The van der Waals surface area contributed by atoms with Crippen molar-refractivity contribution in [2.75, 3.05) is 31.6 Å². The molecule has 2 N–H and O–H groups in total. The molecule has 136 valence electrons. The number of hydrogen-bond acceptors (Lipinski definition) is 4. The van der Waals surface area contributed by atoms with E-state index in [-0.39, 0.29) is 5.91 Å². The van der Waals surface area contributed by atoms with Crippen molar-refractivity contribution in [2.24, 2.45) is 0 Å². The number of aromatic amines is 1. The molecule has 0 unspecified atom stereocenters. The molecule has 5 nitrogen and oxygen atoms in total. The Labute approximate surface area is 157 Å². The number of amides is 1. The van der Waals surface area contributed by atoms with Gasteiger partial charge in [0.2, 0.25) is 0 Å². The third kappa shape index (κ3) is 3.53. The van der Waals surface area contributed by atoms with Crippen LogP contribution in [0.5, 0.6) is 0 Å². The van der Waals surface area contributed by atoms with E-state index in [1.54, 1.807) is 11.3 Å². The summed E-state index contributed by atoms with van der Waals surface area (Å²) in [6, 6.07) is 9.99.